The van der Waals surface area contributed by atoms with Gasteiger partial charge in [-0.3, -0.25) is 4.79 Å². The van der Waals surface area contributed by atoms with E-state index in [4.69, 9.17) is 0 Å². The Labute approximate surface area is 169 Å². The van der Waals surface area contributed by atoms with Gasteiger partial charge in [0.15, 0.2) is 0 Å². The molecule has 1 aromatic heterocycles. The molecule has 1 aliphatic rings. The van der Waals surface area contributed by atoms with E-state index < -0.39 is 5.82 Å². The van der Waals surface area contributed by atoms with E-state index in [1.807, 2.05) is 18.2 Å². The first-order valence-electron chi connectivity index (χ1n) is 9.75. The summed E-state index contributed by atoms with van der Waals surface area (Å²) in [5.74, 6) is 0.123. The molecule has 0 spiro atoms. The van der Waals surface area contributed by atoms with Gasteiger partial charge >= 0.3 is 0 Å². The molecule has 6 heteroatoms. The Bertz CT molecular complexity index is 979. The number of benzene rings is 2. The molecule has 0 radical (unpaired) electrons. The van der Waals surface area contributed by atoms with Crippen molar-refractivity contribution < 1.29 is 9.18 Å². The molecule has 0 aliphatic carbocycles. The van der Waals surface area contributed by atoms with Gasteiger partial charge in [-0.1, -0.05) is 30.3 Å². The van der Waals surface area contributed by atoms with Crippen molar-refractivity contribution in [3.63, 3.8) is 0 Å². The fraction of sp³-hybridized carbons (Fsp3) is 0.217. The molecular formula is C23H23FN4O. The van der Waals surface area contributed by atoms with Crippen LogP contribution in [0.2, 0.25) is 0 Å². The molecule has 1 atom stereocenters. The minimum atomic E-state index is -0.392. The van der Waals surface area contributed by atoms with E-state index in [1.165, 1.54) is 11.8 Å². The Morgan fingerprint density at radius 2 is 1.86 bits per heavy atom. The zero-order chi connectivity index (χ0) is 20.1. The number of amides is 1. The summed E-state index contributed by atoms with van der Waals surface area (Å²) in [6, 6.07) is 20.0. The summed E-state index contributed by atoms with van der Waals surface area (Å²) in [5.41, 5.74) is 1.90. The molecule has 1 fully saturated rings. The molecule has 1 aliphatic heterocycles. The number of nitrogens with zero attached hydrogens (tertiary/aromatic N) is 2. The number of para-hydroxylation sites is 2. The number of rotatable bonds is 6. The molecule has 4 rings (SSSR count). The predicted octanol–water partition coefficient (Wildman–Crippen LogP) is 4.22. The Morgan fingerprint density at radius 3 is 2.69 bits per heavy atom. The monoisotopic (exact) mass is 390 g/mol. The molecule has 2 heterocycles. The number of pyridine rings is 1. The van der Waals surface area contributed by atoms with Gasteiger partial charge in [0.25, 0.3) is 5.91 Å². The van der Waals surface area contributed by atoms with Crippen molar-refractivity contribution in [1.29, 1.82) is 0 Å². The highest BCUT2D eigenvalue weighted by Crippen LogP contribution is 2.24. The van der Waals surface area contributed by atoms with Crippen LogP contribution in [0.1, 0.15) is 16.8 Å². The van der Waals surface area contributed by atoms with E-state index in [0.717, 1.165) is 19.5 Å². The van der Waals surface area contributed by atoms with E-state index in [9.17, 15) is 9.18 Å². The average molecular weight is 390 g/mol. The van der Waals surface area contributed by atoms with Gasteiger partial charge in [-0.05, 0) is 48.7 Å². The Balaban J connectivity index is 1.38. The second kappa shape index (κ2) is 8.73. The molecule has 1 unspecified atom stereocenters. The fourth-order valence-electron chi connectivity index (χ4n) is 3.58. The van der Waals surface area contributed by atoms with Crippen LogP contribution in [0.4, 0.5) is 21.6 Å². The second-order valence-corrected chi connectivity index (χ2v) is 7.15. The zero-order valence-corrected chi connectivity index (χ0v) is 16.0. The number of carbonyl (C=O) groups is 1. The zero-order valence-electron chi connectivity index (χ0n) is 16.0. The van der Waals surface area contributed by atoms with Gasteiger partial charge in [-0.25, -0.2) is 9.37 Å². The molecule has 5 nitrogen and oxygen atoms in total. The van der Waals surface area contributed by atoms with E-state index >= 15 is 0 Å². The molecule has 0 bridgehead atoms. The Morgan fingerprint density at radius 1 is 1.07 bits per heavy atom. The highest BCUT2D eigenvalue weighted by atomic mass is 19.1. The standard InChI is InChI=1S/C23H23FN4O/c24-20-10-4-5-11-21(20)27-22-19(9-6-13-25-22)23(29)26-15-17-12-14-28(16-17)18-7-2-1-3-8-18/h1-11,13,17H,12,14-16H2,(H,25,27)(H,26,29). The van der Waals surface area contributed by atoms with Crippen LogP contribution in [-0.2, 0) is 0 Å². The lowest BCUT2D eigenvalue weighted by Crippen LogP contribution is -2.31. The summed E-state index contributed by atoms with van der Waals surface area (Å²) in [7, 11) is 0. The quantitative estimate of drug-likeness (QED) is 0.662. The van der Waals surface area contributed by atoms with Crippen LogP contribution in [0.3, 0.4) is 0 Å². The Hall–Kier alpha value is -3.41. The minimum absolute atomic E-state index is 0.213. The van der Waals surface area contributed by atoms with Crippen molar-refractivity contribution in [1.82, 2.24) is 10.3 Å². The number of hydrogen-bond acceptors (Lipinski definition) is 4. The van der Waals surface area contributed by atoms with Crippen LogP contribution in [0, 0.1) is 11.7 Å². The normalized spacial score (nSPS) is 15.9. The summed E-state index contributed by atoms with van der Waals surface area (Å²) >= 11 is 0. The van der Waals surface area contributed by atoms with Crippen LogP contribution in [-0.4, -0.2) is 30.5 Å². The van der Waals surface area contributed by atoms with E-state index in [2.05, 4.69) is 32.7 Å². The van der Waals surface area contributed by atoms with Gasteiger partial charge in [0, 0.05) is 31.5 Å². The average Bonchev–Trinajstić information content (AvgIpc) is 3.24. The van der Waals surface area contributed by atoms with Crippen molar-refractivity contribution in [2.75, 3.05) is 29.9 Å². The van der Waals surface area contributed by atoms with Crippen molar-refractivity contribution in [3.8, 4) is 0 Å². The van der Waals surface area contributed by atoms with Crippen LogP contribution in [0.25, 0.3) is 0 Å². The largest absolute Gasteiger partial charge is 0.371 e. The van der Waals surface area contributed by atoms with Gasteiger partial charge in [0.1, 0.15) is 11.6 Å². The number of halogens is 1. The number of carbonyl (C=O) groups excluding carboxylic acids is 1. The van der Waals surface area contributed by atoms with Crippen LogP contribution in [0.15, 0.2) is 72.9 Å². The smallest absolute Gasteiger partial charge is 0.255 e. The predicted molar refractivity (Wildman–Crippen MR) is 113 cm³/mol. The maximum Gasteiger partial charge on any atom is 0.255 e. The molecular weight excluding hydrogens is 367 g/mol. The second-order valence-electron chi connectivity index (χ2n) is 7.15. The first-order valence-corrected chi connectivity index (χ1v) is 9.75. The van der Waals surface area contributed by atoms with E-state index in [-0.39, 0.29) is 11.6 Å². The third-order valence-corrected chi connectivity index (χ3v) is 5.14. The lowest BCUT2D eigenvalue weighted by atomic mass is 10.1. The lowest BCUT2D eigenvalue weighted by Gasteiger charge is -2.19. The van der Waals surface area contributed by atoms with Gasteiger partial charge < -0.3 is 15.5 Å². The SMILES string of the molecule is O=C(NCC1CCN(c2ccccc2)C1)c1cccnc1Nc1ccccc1F. The summed E-state index contributed by atoms with van der Waals surface area (Å²) in [4.78, 5) is 19.3. The summed E-state index contributed by atoms with van der Waals surface area (Å²) in [6.07, 6.45) is 2.61. The van der Waals surface area contributed by atoms with Crippen LogP contribution < -0.4 is 15.5 Å². The third-order valence-electron chi connectivity index (χ3n) is 5.14. The van der Waals surface area contributed by atoms with Crippen LogP contribution in [0.5, 0.6) is 0 Å². The topological polar surface area (TPSA) is 57.3 Å². The van der Waals surface area contributed by atoms with Gasteiger partial charge in [-0.15, -0.1) is 0 Å². The van der Waals surface area contributed by atoms with Crippen molar-refractivity contribution in [3.05, 3.63) is 84.3 Å². The van der Waals surface area contributed by atoms with Crippen molar-refractivity contribution >= 4 is 23.1 Å². The van der Waals surface area contributed by atoms with E-state index in [0.29, 0.717) is 23.8 Å². The Kier molecular flexibility index (Phi) is 5.70. The van der Waals surface area contributed by atoms with Crippen LogP contribution >= 0.6 is 0 Å². The first-order chi connectivity index (χ1) is 14.2. The summed E-state index contributed by atoms with van der Waals surface area (Å²) in [5, 5.41) is 5.94. The highest BCUT2D eigenvalue weighted by molar-refractivity contribution is 5.99. The van der Waals surface area contributed by atoms with Crippen molar-refractivity contribution in [2.45, 2.75) is 6.42 Å². The summed E-state index contributed by atoms with van der Waals surface area (Å²) < 4.78 is 13.9. The van der Waals surface area contributed by atoms with Gasteiger partial charge in [0.2, 0.25) is 0 Å². The highest BCUT2D eigenvalue weighted by Gasteiger charge is 2.23. The number of hydrogen-bond donors (Lipinski definition) is 2. The molecule has 148 valence electrons. The maximum atomic E-state index is 13.9. The maximum absolute atomic E-state index is 13.9. The summed E-state index contributed by atoms with van der Waals surface area (Å²) in [6.45, 7) is 2.49. The van der Waals surface area contributed by atoms with Crippen molar-refractivity contribution in [2.24, 2.45) is 5.92 Å². The molecule has 0 saturated carbocycles. The number of nitrogens with one attached hydrogen (secondary N) is 2. The van der Waals surface area contributed by atoms with Gasteiger partial charge in [-0.2, -0.15) is 0 Å². The lowest BCUT2D eigenvalue weighted by molar-refractivity contribution is 0.0949. The molecule has 3 aromatic rings. The number of aromatic nitrogens is 1. The van der Waals surface area contributed by atoms with Gasteiger partial charge in [0.05, 0.1) is 11.3 Å². The fourth-order valence-corrected chi connectivity index (χ4v) is 3.58. The minimum Gasteiger partial charge on any atom is -0.371 e. The first kappa shape index (κ1) is 18.9. The molecule has 1 amide bonds. The van der Waals surface area contributed by atoms with E-state index in [1.54, 1.807) is 36.5 Å². The molecule has 29 heavy (non-hydrogen) atoms. The third kappa shape index (κ3) is 4.54. The molecule has 1 saturated heterocycles. The molecule has 2 aromatic carbocycles. The molecule has 2 N–H and O–H groups in total. The number of anilines is 3.